The SMILES string of the molecule is CCOCCNC(=NC)NCc1ccc2cc(OC)ccc2c1.I. The van der Waals surface area contributed by atoms with E-state index in [1.54, 1.807) is 14.2 Å². The van der Waals surface area contributed by atoms with Crippen LogP contribution in [0.3, 0.4) is 0 Å². The van der Waals surface area contributed by atoms with Gasteiger partial charge in [-0.1, -0.05) is 18.2 Å². The Morgan fingerprint density at radius 3 is 2.54 bits per heavy atom. The fourth-order valence-corrected chi connectivity index (χ4v) is 2.30. The molecule has 5 nitrogen and oxygen atoms in total. The van der Waals surface area contributed by atoms with Gasteiger partial charge in [0.05, 0.1) is 13.7 Å². The molecule has 0 atom stereocenters. The maximum atomic E-state index is 5.30. The summed E-state index contributed by atoms with van der Waals surface area (Å²) in [6.45, 7) is 4.86. The lowest BCUT2D eigenvalue weighted by Crippen LogP contribution is -2.38. The second kappa shape index (κ2) is 11.1. The smallest absolute Gasteiger partial charge is 0.191 e. The molecule has 0 aliphatic carbocycles. The van der Waals surface area contributed by atoms with Crippen molar-refractivity contribution in [1.82, 2.24) is 10.6 Å². The van der Waals surface area contributed by atoms with Crippen molar-refractivity contribution in [2.24, 2.45) is 4.99 Å². The molecule has 0 aliphatic rings. The van der Waals surface area contributed by atoms with Crippen molar-refractivity contribution < 1.29 is 9.47 Å². The maximum absolute atomic E-state index is 5.30. The Labute approximate surface area is 160 Å². The van der Waals surface area contributed by atoms with E-state index in [4.69, 9.17) is 9.47 Å². The predicted octanol–water partition coefficient (Wildman–Crippen LogP) is 3.17. The number of halogens is 1. The summed E-state index contributed by atoms with van der Waals surface area (Å²) in [6.07, 6.45) is 0. The lowest BCUT2D eigenvalue weighted by molar-refractivity contribution is 0.152. The molecule has 0 fully saturated rings. The van der Waals surface area contributed by atoms with Crippen LogP contribution in [0, 0.1) is 0 Å². The summed E-state index contributed by atoms with van der Waals surface area (Å²) >= 11 is 0. The summed E-state index contributed by atoms with van der Waals surface area (Å²) < 4.78 is 10.6. The summed E-state index contributed by atoms with van der Waals surface area (Å²) in [6, 6.07) is 12.5. The van der Waals surface area contributed by atoms with Crippen molar-refractivity contribution in [2.45, 2.75) is 13.5 Å². The van der Waals surface area contributed by atoms with E-state index in [9.17, 15) is 0 Å². The van der Waals surface area contributed by atoms with E-state index < -0.39 is 0 Å². The summed E-state index contributed by atoms with van der Waals surface area (Å²) in [4.78, 5) is 4.21. The van der Waals surface area contributed by atoms with Gasteiger partial charge in [-0.25, -0.2) is 0 Å². The van der Waals surface area contributed by atoms with Crippen molar-refractivity contribution in [3.63, 3.8) is 0 Å². The van der Waals surface area contributed by atoms with E-state index in [-0.39, 0.29) is 24.0 Å². The highest BCUT2D eigenvalue weighted by atomic mass is 127. The number of methoxy groups -OCH3 is 1. The number of aliphatic imine (C=N–C) groups is 1. The van der Waals surface area contributed by atoms with Crippen LogP contribution in [-0.4, -0.2) is 39.9 Å². The zero-order chi connectivity index (χ0) is 16.5. The van der Waals surface area contributed by atoms with Gasteiger partial charge in [0.1, 0.15) is 5.75 Å². The number of nitrogens with zero attached hydrogens (tertiary/aromatic N) is 1. The first-order valence-corrected chi connectivity index (χ1v) is 7.85. The number of fused-ring (bicyclic) bond motifs is 1. The van der Waals surface area contributed by atoms with Gasteiger partial charge in [-0.3, -0.25) is 4.99 Å². The van der Waals surface area contributed by atoms with Gasteiger partial charge in [0.15, 0.2) is 5.96 Å². The second-order valence-corrected chi connectivity index (χ2v) is 5.10. The van der Waals surface area contributed by atoms with Gasteiger partial charge >= 0.3 is 0 Å². The Morgan fingerprint density at radius 1 is 1.08 bits per heavy atom. The summed E-state index contributed by atoms with van der Waals surface area (Å²) in [5.41, 5.74) is 1.20. The van der Waals surface area contributed by atoms with Crippen LogP contribution in [0.25, 0.3) is 10.8 Å². The molecule has 0 bridgehead atoms. The van der Waals surface area contributed by atoms with Crippen molar-refractivity contribution >= 4 is 40.7 Å². The van der Waals surface area contributed by atoms with E-state index in [0.29, 0.717) is 6.61 Å². The summed E-state index contributed by atoms with van der Waals surface area (Å²) in [7, 11) is 3.45. The molecule has 2 rings (SSSR count). The van der Waals surface area contributed by atoms with Crippen LogP contribution < -0.4 is 15.4 Å². The highest BCUT2D eigenvalue weighted by Crippen LogP contribution is 2.21. The zero-order valence-corrected chi connectivity index (χ0v) is 16.8. The molecule has 2 aromatic carbocycles. The van der Waals surface area contributed by atoms with Gasteiger partial charge in [0.2, 0.25) is 0 Å². The predicted molar refractivity (Wildman–Crippen MR) is 111 cm³/mol. The highest BCUT2D eigenvalue weighted by Gasteiger charge is 2.01. The van der Waals surface area contributed by atoms with Crippen molar-refractivity contribution in [2.75, 3.05) is 33.9 Å². The molecular formula is C18H26IN3O2. The minimum absolute atomic E-state index is 0. The number of nitrogens with one attached hydrogen (secondary N) is 2. The average Bonchev–Trinajstić information content (AvgIpc) is 2.60. The molecule has 0 saturated heterocycles. The van der Waals surface area contributed by atoms with Crippen LogP contribution in [0.2, 0.25) is 0 Å². The molecule has 0 radical (unpaired) electrons. The zero-order valence-electron chi connectivity index (χ0n) is 14.5. The first-order chi connectivity index (χ1) is 11.3. The average molecular weight is 443 g/mol. The van der Waals surface area contributed by atoms with Crippen molar-refractivity contribution in [3.05, 3.63) is 42.0 Å². The Balaban J connectivity index is 0.00000288. The molecule has 0 saturated carbocycles. The molecule has 0 amide bonds. The molecule has 0 spiro atoms. The van der Waals surface area contributed by atoms with Crippen LogP contribution in [0.4, 0.5) is 0 Å². The lowest BCUT2D eigenvalue weighted by Gasteiger charge is -2.12. The van der Waals surface area contributed by atoms with Crippen LogP contribution in [-0.2, 0) is 11.3 Å². The maximum Gasteiger partial charge on any atom is 0.191 e. The first kappa shape index (κ1) is 20.5. The van der Waals surface area contributed by atoms with Crippen LogP contribution >= 0.6 is 24.0 Å². The molecule has 132 valence electrons. The summed E-state index contributed by atoms with van der Waals surface area (Å²) in [5.74, 6) is 1.65. The topological polar surface area (TPSA) is 54.9 Å². The normalized spacial score (nSPS) is 11.0. The molecule has 0 unspecified atom stereocenters. The van der Waals surface area contributed by atoms with E-state index in [2.05, 4.69) is 39.9 Å². The van der Waals surface area contributed by atoms with Gasteiger partial charge in [-0.15, -0.1) is 24.0 Å². The Hall–Kier alpha value is -1.54. The molecule has 0 heterocycles. The third-order valence-corrected chi connectivity index (χ3v) is 3.54. The molecule has 0 aliphatic heterocycles. The molecular weight excluding hydrogens is 417 g/mol. The van der Waals surface area contributed by atoms with Gasteiger partial charge in [0.25, 0.3) is 0 Å². The largest absolute Gasteiger partial charge is 0.497 e. The van der Waals surface area contributed by atoms with E-state index >= 15 is 0 Å². The highest BCUT2D eigenvalue weighted by molar-refractivity contribution is 14.0. The summed E-state index contributed by atoms with van der Waals surface area (Å²) in [5, 5.41) is 8.90. The fraction of sp³-hybridized carbons (Fsp3) is 0.389. The van der Waals surface area contributed by atoms with E-state index in [1.807, 2.05) is 19.1 Å². The van der Waals surface area contributed by atoms with Gasteiger partial charge < -0.3 is 20.1 Å². The second-order valence-electron chi connectivity index (χ2n) is 5.10. The number of hydrogen-bond acceptors (Lipinski definition) is 3. The fourth-order valence-electron chi connectivity index (χ4n) is 2.30. The Morgan fingerprint density at radius 2 is 1.83 bits per heavy atom. The van der Waals surface area contributed by atoms with Crippen molar-refractivity contribution in [1.29, 1.82) is 0 Å². The monoisotopic (exact) mass is 443 g/mol. The molecule has 2 N–H and O–H groups in total. The number of hydrogen-bond donors (Lipinski definition) is 2. The number of ether oxygens (including phenoxy) is 2. The quantitative estimate of drug-likeness (QED) is 0.299. The third kappa shape index (κ3) is 6.16. The van der Waals surface area contributed by atoms with Crippen LogP contribution in [0.5, 0.6) is 5.75 Å². The van der Waals surface area contributed by atoms with Gasteiger partial charge in [0, 0.05) is 26.7 Å². The molecule has 6 heteroatoms. The number of benzene rings is 2. The third-order valence-electron chi connectivity index (χ3n) is 3.54. The molecule has 24 heavy (non-hydrogen) atoms. The Kier molecular flexibility index (Phi) is 9.48. The van der Waals surface area contributed by atoms with Crippen LogP contribution in [0.1, 0.15) is 12.5 Å². The number of guanidine groups is 1. The van der Waals surface area contributed by atoms with Crippen molar-refractivity contribution in [3.8, 4) is 5.75 Å². The Bertz CT molecular complexity index is 662. The van der Waals surface area contributed by atoms with Gasteiger partial charge in [-0.2, -0.15) is 0 Å². The first-order valence-electron chi connectivity index (χ1n) is 7.85. The van der Waals surface area contributed by atoms with E-state index in [1.165, 1.54) is 16.3 Å². The standard InChI is InChI=1S/C18H25N3O2.HI/c1-4-23-10-9-20-18(19-2)21-13-14-5-6-16-12-17(22-3)8-7-15(16)11-14;/h5-8,11-12H,4,9-10,13H2,1-3H3,(H2,19,20,21);1H. The van der Waals surface area contributed by atoms with Crippen LogP contribution in [0.15, 0.2) is 41.4 Å². The molecule has 2 aromatic rings. The minimum Gasteiger partial charge on any atom is -0.497 e. The lowest BCUT2D eigenvalue weighted by atomic mass is 10.1. The number of rotatable bonds is 7. The van der Waals surface area contributed by atoms with E-state index in [0.717, 1.165) is 31.4 Å². The minimum atomic E-state index is 0. The molecule has 0 aromatic heterocycles. The van der Waals surface area contributed by atoms with Gasteiger partial charge in [-0.05, 0) is 41.5 Å².